The van der Waals surface area contributed by atoms with Gasteiger partial charge in [-0.3, -0.25) is 4.79 Å². The number of anilines is 1. The largest absolute Gasteiger partial charge is 0.399 e. The Morgan fingerprint density at radius 1 is 1.05 bits per heavy atom. The van der Waals surface area contributed by atoms with Crippen molar-refractivity contribution in [2.45, 2.75) is 5.92 Å². The summed E-state index contributed by atoms with van der Waals surface area (Å²) in [7, 11) is 0. The fraction of sp³-hybridized carbons (Fsp3) is 0.0714. The summed E-state index contributed by atoms with van der Waals surface area (Å²) in [6, 6.07) is 11.9. The Hall–Kier alpha value is -1.71. The molecule has 0 aromatic heterocycles. The normalized spacial score (nSPS) is 12.1. The van der Waals surface area contributed by atoms with E-state index in [4.69, 9.17) is 34.7 Å². The first-order valence-electron chi connectivity index (χ1n) is 5.58. The van der Waals surface area contributed by atoms with E-state index in [9.17, 15) is 4.79 Å². The molecular formula is C14H12Cl2N2O. The molecule has 1 unspecified atom stereocenters. The molecular weight excluding hydrogens is 283 g/mol. The minimum atomic E-state index is -0.620. The molecule has 19 heavy (non-hydrogen) atoms. The molecule has 2 aromatic carbocycles. The zero-order valence-electron chi connectivity index (χ0n) is 9.94. The molecule has 2 rings (SSSR count). The predicted octanol–water partition coefficient (Wildman–Crippen LogP) is 3.19. The Labute approximate surface area is 121 Å². The second kappa shape index (κ2) is 5.51. The van der Waals surface area contributed by atoms with Crippen molar-refractivity contribution in [2.75, 3.05) is 5.73 Å². The summed E-state index contributed by atoms with van der Waals surface area (Å²) < 4.78 is 0. The molecule has 5 heteroatoms. The number of nitrogens with two attached hydrogens (primary N) is 2. The van der Waals surface area contributed by atoms with E-state index in [1.807, 2.05) is 0 Å². The van der Waals surface area contributed by atoms with E-state index in [0.29, 0.717) is 21.3 Å². The molecule has 0 saturated carbocycles. The Balaban J connectivity index is 2.51. The third-order valence-corrected chi connectivity index (χ3v) is 3.40. The average Bonchev–Trinajstić information content (AvgIpc) is 2.34. The number of hydrogen-bond acceptors (Lipinski definition) is 2. The van der Waals surface area contributed by atoms with Gasteiger partial charge >= 0.3 is 0 Å². The number of halogens is 2. The summed E-state index contributed by atoms with van der Waals surface area (Å²) in [6.45, 7) is 0. The van der Waals surface area contributed by atoms with Gasteiger partial charge in [-0.25, -0.2) is 0 Å². The van der Waals surface area contributed by atoms with E-state index >= 15 is 0 Å². The summed E-state index contributed by atoms with van der Waals surface area (Å²) in [5.74, 6) is -1.10. The fourth-order valence-corrected chi connectivity index (χ4v) is 2.35. The average molecular weight is 295 g/mol. The molecule has 0 aliphatic heterocycles. The third-order valence-electron chi connectivity index (χ3n) is 2.82. The highest BCUT2D eigenvalue weighted by molar-refractivity contribution is 6.32. The first kappa shape index (κ1) is 13.7. The van der Waals surface area contributed by atoms with Crippen LogP contribution in [0.2, 0.25) is 10.0 Å². The SMILES string of the molecule is NC(=O)C(c1ccc(Cl)cc1)c1ccc(N)cc1Cl. The van der Waals surface area contributed by atoms with Gasteiger partial charge in [-0.15, -0.1) is 0 Å². The van der Waals surface area contributed by atoms with Crippen LogP contribution in [0.1, 0.15) is 17.0 Å². The van der Waals surface area contributed by atoms with Gasteiger partial charge in [-0.2, -0.15) is 0 Å². The van der Waals surface area contributed by atoms with E-state index in [2.05, 4.69) is 0 Å². The highest BCUT2D eigenvalue weighted by Gasteiger charge is 2.22. The van der Waals surface area contributed by atoms with Gasteiger partial charge in [-0.05, 0) is 35.4 Å². The molecule has 1 amide bonds. The van der Waals surface area contributed by atoms with Gasteiger partial charge in [0.15, 0.2) is 0 Å². The number of amides is 1. The summed E-state index contributed by atoms with van der Waals surface area (Å²) in [5.41, 5.74) is 13.0. The minimum Gasteiger partial charge on any atom is -0.399 e. The van der Waals surface area contributed by atoms with Crippen LogP contribution in [0.5, 0.6) is 0 Å². The lowest BCUT2D eigenvalue weighted by Gasteiger charge is -2.16. The van der Waals surface area contributed by atoms with Crippen molar-refractivity contribution in [1.29, 1.82) is 0 Å². The maximum atomic E-state index is 11.7. The molecule has 3 nitrogen and oxygen atoms in total. The van der Waals surface area contributed by atoms with Gasteiger partial charge in [0, 0.05) is 15.7 Å². The summed E-state index contributed by atoms with van der Waals surface area (Å²) in [6.07, 6.45) is 0. The number of carbonyl (C=O) groups is 1. The molecule has 0 spiro atoms. The van der Waals surface area contributed by atoms with E-state index in [1.54, 1.807) is 42.5 Å². The Morgan fingerprint density at radius 2 is 1.68 bits per heavy atom. The molecule has 4 N–H and O–H groups in total. The first-order chi connectivity index (χ1) is 8.99. The van der Waals surface area contributed by atoms with Crippen LogP contribution in [0.15, 0.2) is 42.5 Å². The van der Waals surface area contributed by atoms with Crippen LogP contribution in [0.4, 0.5) is 5.69 Å². The predicted molar refractivity (Wildman–Crippen MR) is 78.4 cm³/mol. The van der Waals surface area contributed by atoms with E-state index in [1.165, 1.54) is 0 Å². The molecule has 0 heterocycles. The van der Waals surface area contributed by atoms with Gasteiger partial charge in [-0.1, -0.05) is 41.4 Å². The lowest BCUT2D eigenvalue weighted by Crippen LogP contribution is -2.22. The van der Waals surface area contributed by atoms with Crippen molar-refractivity contribution < 1.29 is 4.79 Å². The van der Waals surface area contributed by atoms with Crippen LogP contribution in [-0.4, -0.2) is 5.91 Å². The number of nitrogen functional groups attached to an aromatic ring is 1. The summed E-state index contributed by atoms with van der Waals surface area (Å²) in [5, 5.41) is 1.01. The van der Waals surface area contributed by atoms with Crippen LogP contribution in [-0.2, 0) is 4.79 Å². The van der Waals surface area contributed by atoms with Gasteiger partial charge in [0.2, 0.25) is 5.91 Å². The molecule has 0 saturated heterocycles. The zero-order chi connectivity index (χ0) is 14.0. The Morgan fingerprint density at radius 3 is 2.21 bits per heavy atom. The molecule has 0 aliphatic carbocycles. The van der Waals surface area contributed by atoms with Gasteiger partial charge in [0.25, 0.3) is 0 Å². The number of carbonyl (C=O) groups excluding carboxylic acids is 1. The fourth-order valence-electron chi connectivity index (χ4n) is 1.93. The monoisotopic (exact) mass is 294 g/mol. The van der Waals surface area contributed by atoms with Gasteiger partial charge in [0.05, 0.1) is 5.92 Å². The molecule has 0 radical (unpaired) electrons. The topological polar surface area (TPSA) is 69.1 Å². The van der Waals surface area contributed by atoms with Crippen molar-refractivity contribution in [2.24, 2.45) is 5.73 Å². The number of benzene rings is 2. The smallest absolute Gasteiger partial charge is 0.229 e. The Kier molecular flexibility index (Phi) is 3.98. The standard InChI is InChI=1S/C14H12Cl2N2O/c15-9-3-1-8(2-4-9)13(14(18)19)11-6-5-10(17)7-12(11)16/h1-7,13H,17H2,(H2,18,19). The lowest BCUT2D eigenvalue weighted by molar-refractivity contribution is -0.118. The van der Waals surface area contributed by atoms with Crippen LogP contribution in [0, 0.1) is 0 Å². The van der Waals surface area contributed by atoms with Crippen LogP contribution in [0.3, 0.4) is 0 Å². The van der Waals surface area contributed by atoms with Crippen molar-refractivity contribution >= 4 is 34.8 Å². The van der Waals surface area contributed by atoms with Crippen molar-refractivity contribution in [3.63, 3.8) is 0 Å². The van der Waals surface area contributed by atoms with Crippen LogP contribution in [0.25, 0.3) is 0 Å². The molecule has 1 atom stereocenters. The van der Waals surface area contributed by atoms with Crippen molar-refractivity contribution in [3.05, 3.63) is 63.6 Å². The molecule has 0 fully saturated rings. The zero-order valence-corrected chi connectivity index (χ0v) is 11.4. The number of rotatable bonds is 3. The number of primary amides is 1. The first-order valence-corrected chi connectivity index (χ1v) is 6.34. The molecule has 0 aliphatic rings. The third kappa shape index (κ3) is 3.00. The number of hydrogen-bond donors (Lipinski definition) is 2. The second-order valence-corrected chi connectivity index (χ2v) is 5.01. The van der Waals surface area contributed by atoms with Crippen molar-refractivity contribution in [3.8, 4) is 0 Å². The quantitative estimate of drug-likeness (QED) is 0.854. The van der Waals surface area contributed by atoms with E-state index in [0.717, 1.165) is 5.56 Å². The van der Waals surface area contributed by atoms with E-state index in [-0.39, 0.29) is 0 Å². The summed E-state index contributed by atoms with van der Waals surface area (Å²) >= 11 is 12.0. The van der Waals surface area contributed by atoms with Gasteiger partial charge in [0.1, 0.15) is 0 Å². The Bertz CT molecular complexity index is 611. The molecule has 98 valence electrons. The van der Waals surface area contributed by atoms with Crippen molar-refractivity contribution in [1.82, 2.24) is 0 Å². The maximum Gasteiger partial charge on any atom is 0.229 e. The van der Waals surface area contributed by atoms with E-state index < -0.39 is 11.8 Å². The lowest BCUT2D eigenvalue weighted by atomic mass is 9.90. The highest BCUT2D eigenvalue weighted by Crippen LogP contribution is 2.32. The summed E-state index contributed by atoms with van der Waals surface area (Å²) in [4.78, 5) is 11.7. The minimum absolute atomic E-state index is 0.416. The molecule has 2 aromatic rings. The molecule has 0 bridgehead atoms. The van der Waals surface area contributed by atoms with Gasteiger partial charge < -0.3 is 11.5 Å². The second-order valence-electron chi connectivity index (χ2n) is 4.17. The highest BCUT2D eigenvalue weighted by atomic mass is 35.5. The van der Waals surface area contributed by atoms with Crippen LogP contribution >= 0.6 is 23.2 Å². The maximum absolute atomic E-state index is 11.7. The van der Waals surface area contributed by atoms with Crippen LogP contribution < -0.4 is 11.5 Å².